The van der Waals surface area contributed by atoms with E-state index in [0.717, 1.165) is 0 Å². The van der Waals surface area contributed by atoms with Crippen molar-refractivity contribution in [2.45, 2.75) is 13.8 Å². The number of halogens is 2. The summed E-state index contributed by atoms with van der Waals surface area (Å²) in [7, 11) is 0. The molecule has 7 aromatic carbocycles. The molecule has 39 heavy (non-hydrogen) atoms. The van der Waals surface area contributed by atoms with Gasteiger partial charge in [0.15, 0.2) is 0 Å². The first-order chi connectivity index (χ1) is 17.7. The molecule has 0 saturated carbocycles. The van der Waals surface area contributed by atoms with Gasteiger partial charge >= 0.3 is 26.2 Å². The van der Waals surface area contributed by atoms with E-state index >= 15 is 0 Å². The van der Waals surface area contributed by atoms with Crippen molar-refractivity contribution in [1.29, 1.82) is 0 Å². The Bertz CT molecular complexity index is 1800. The predicted molar refractivity (Wildman–Crippen MR) is 157 cm³/mol. The summed E-state index contributed by atoms with van der Waals surface area (Å²) in [6, 6.07) is 47.8. The normalized spacial score (nSPS) is 10.2. The molecule has 0 aliphatic carbocycles. The van der Waals surface area contributed by atoms with Gasteiger partial charge in [-0.1, -0.05) is 110 Å². The van der Waals surface area contributed by atoms with E-state index in [9.17, 15) is 0 Å². The van der Waals surface area contributed by atoms with E-state index in [0.29, 0.717) is 0 Å². The zero-order valence-corrected chi connectivity index (χ0v) is 25.9. The second-order valence-corrected chi connectivity index (χ2v) is 9.58. The molecule has 0 saturated heterocycles. The van der Waals surface area contributed by atoms with Crippen LogP contribution in [0.4, 0.5) is 0 Å². The summed E-state index contributed by atoms with van der Waals surface area (Å²) in [5.74, 6) is 0. The zero-order valence-electron chi connectivity index (χ0n) is 22.0. The Morgan fingerprint density at radius 2 is 0.897 bits per heavy atom. The number of benzene rings is 5. The first kappa shape index (κ1) is 30.6. The molecular weight excluding hydrogens is 595 g/mol. The Kier molecular flexibility index (Phi) is 10.5. The van der Waals surface area contributed by atoms with Crippen molar-refractivity contribution >= 4 is 32.3 Å². The minimum Gasteiger partial charge on any atom is -1.00 e. The number of hydrogen-bond donors (Lipinski definition) is 0. The maximum Gasteiger partial charge on any atom is 4.00 e. The minimum atomic E-state index is 0. The number of fused-ring (bicyclic) bond motifs is 3. The van der Waals surface area contributed by atoms with Crippen LogP contribution in [0.25, 0.3) is 54.6 Å². The molecule has 0 aliphatic heterocycles. The Hall–Kier alpha value is -2.96. The van der Waals surface area contributed by atoms with Crippen molar-refractivity contribution in [2.24, 2.45) is 0 Å². The molecule has 0 unspecified atom stereocenters. The van der Waals surface area contributed by atoms with Crippen LogP contribution in [0.3, 0.4) is 0 Å². The van der Waals surface area contributed by atoms with Crippen molar-refractivity contribution in [3.05, 3.63) is 145 Å². The van der Waals surface area contributed by atoms with Crippen molar-refractivity contribution < 1.29 is 51.0 Å². The van der Waals surface area contributed by atoms with Crippen LogP contribution < -0.4 is 24.8 Å². The average Bonchev–Trinajstić information content (AvgIpc) is 3.49. The monoisotopic (exact) mass is 620 g/mol. The second-order valence-electron chi connectivity index (χ2n) is 9.58. The molecule has 0 heterocycles. The summed E-state index contributed by atoms with van der Waals surface area (Å²) in [4.78, 5) is 0. The molecule has 0 spiro atoms. The van der Waals surface area contributed by atoms with Gasteiger partial charge in [-0.3, -0.25) is 0 Å². The Labute approximate surface area is 262 Å². The van der Waals surface area contributed by atoms with Gasteiger partial charge in [0.2, 0.25) is 0 Å². The summed E-state index contributed by atoms with van der Waals surface area (Å²) >= 11 is 0. The molecule has 0 bridgehead atoms. The van der Waals surface area contributed by atoms with E-state index in [1.165, 1.54) is 65.7 Å². The van der Waals surface area contributed by atoms with Crippen molar-refractivity contribution in [3.8, 4) is 22.3 Å². The van der Waals surface area contributed by atoms with Gasteiger partial charge in [0.05, 0.1) is 0 Å². The molecule has 0 N–H and O–H groups in total. The van der Waals surface area contributed by atoms with Crippen molar-refractivity contribution in [1.82, 2.24) is 0 Å². The van der Waals surface area contributed by atoms with Crippen LogP contribution in [0.2, 0.25) is 0 Å². The zero-order chi connectivity index (χ0) is 24.5. The van der Waals surface area contributed by atoms with Crippen LogP contribution in [0.15, 0.2) is 133 Å². The maximum absolute atomic E-state index is 2.28. The fraction of sp³-hybridized carbons (Fsp3) is 0.0556. The molecule has 7 aromatic rings. The van der Waals surface area contributed by atoms with E-state index in [4.69, 9.17) is 0 Å². The molecule has 0 atom stereocenters. The molecule has 0 amide bonds. The molecule has 0 nitrogen and oxygen atoms in total. The smallest absolute Gasteiger partial charge is 1.00 e. The van der Waals surface area contributed by atoms with Gasteiger partial charge in [0, 0.05) is 0 Å². The summed E-state index contributed by atoms with van der Waals surface area (Å²) in [6.45, 7) is 4.31. The van der Waals surface area contributed by atoms with Gasteiger partial charge in [-0.15, -0.1) is 69.1 Å². The van der Waals surface area contributed by atoms with Crippen LogP contribution >= 0.6 is 0 Å². The molecule has 7 rings (SSSR count). The third-order valence-corrected chi connectivity index (χ3v) is 6.95. The quantitative estimate of drug-likeness (QED) is 0.254. The van der Waals surface area contributed by atoms with Crippen LogP contribution in [0, 0.1) is 13.8 Å². The van der Waals surface area contributed by atoms with Gasteiger partial charge in [0.25, 0.3) is 0 Å². The molecule has 0 aromatic heterocycles. The molecule has 3 heteroatoms. The number of hydrogen-bond acceptors (Lipinski definition) is 0. The van der Waals surface area contributed by atoms with E-state index in [-0.39, 0.29) is 51.0 Å². The van der Waals surface area contributed by atoms with Crippen LogP contribution in [-0.2, 0) is 26.2 Å². The van der Waals surface area contributed by atoms with Crippen molar-refractivity contribution in [2.75, 3.05) is 0 Å². The van der Waals surface area contributed by atoms with Gasteiger partial charge in [0.1, 0.15) is 0 Å². The topological polar surface area (TPSA) is 0 Å². The minimum absolute atomic E-state index is 0. The van der Waals surface area contributed by atoms with E-state index in [1.54, 1.807) is 0 Å². The molecule has 0 fully saturated rings. The second kappa shape index (κ2) is 13.4. The SMILES string of the molecule is Cc1cc2c(-c3cccc4ccccc34)cccc2[cH-]1.Cc1cc2c(-c3ccccc3)cccc2[cH-]1.[Cl-].[Cl-].[Zr+4]. The maximum atomic E-state index is 2.28. The Morgan fingerprint density at radius 1 is 0.436 bits per heavy atom. The summed E-state index contributed by atoms with van der Waals surface area (Å²) in [5.41, 5.74) is 7.92. The first-order valence-corrected chi connectivity index (χ1v) is 12.5. The predicted octanol–water partition coefficient (Wildman–Crippen LogP) is 4.23. The Balaban J connectivity index is 0.000000204. The average molecular weight is 623 g/mol. The van der Waals surface area contributed by atoms with E-state index < -0.39 is 0 Å². The summed E-state index contributed by atoms with van der Waals surface area (Å²) in [6.07, 6.45) is 0. The molecular formula is C36H28Cl2Zr. The fourth-order valence-corrected chi connectivity index (χ4v) is 5.33. The van der Waals surface area contributed by atoms with Crippen LogP contribution in [0.5, 0.6) is 0 Å². The number of rotatable bonds is 2. The van der Waals surface area contributed by atoms with Gasteiger partial charge in [-0.2, -0.15) is 12.1 Å². The fourth-order valence-electron chi connectivity index (χ4n) is 5.33. The number of aryl methyl sites for hydroxylation is 2. The molecule has 0 radical (unpaired) electrons. The van der Waals surface area contributed by atoms with E-state index in [1.807, 2.05) is 0 Å². The first-order valence-electron chi connectivity index (χ1n) is 12.5. The van der Waals surface area contributed by atoms with E-state index in [2.05, 4.69) is 147 Å². The Morgan fingerprint density at radius 3 is 1.54 bits per heavy atom. The largest absolute Gasteiger partial charge is 4.00 e. The molecule has 0 aliphatic rings. The van der Waals surface area contributed by atoms with Crippen molar-refractivity contribution in [3.63, 3.8) is 0 Å². The standard InChI is InChI=1S/C20H15.C16H13.2ClH.Zr/c1-14-12-16-8-5-11-19(20(16)13-14)18-10-4-7-15-6-2-3-9-17(15)18;1-12-10-14-8-5-9-15(16(14)11-12)13-6-3-2-4-7-13;;;/h2-13H,1H3;2-11H,1H3;2*1H;/q2*-1;;;+4/p-2. The summed E-state index contributed by atoms with van der Waals surface area (Å²) in [5, 5.41) is 7.98. The third kappa shape index (κ3) is 6.28. The van der Waals surface area contributed by atoms with Crippen LogP contribution in [-0.4, -0.2) is 0 Å². The third-order valence-electron chi connectivity index (χ3n) is 6.95. The van der Waals surface area contributed by atoms with Gasteiger partial charge < -0.3 is 24.8 Å². The summed E-state index contributed by atoms with van der Waals surface area (Å²) < 4.78 is 0. The van der Waals surface area contributed by atoms with Gasteiger partial charge in [-0.25, -0.2) is 0 Å². The molecule has 190 valence electrons. The van der Waals surface area contributed by atoms with Gasteiger partial charge in [-0.05, 0) is 21.9 Å². The van der Waals surface area contributed by atoms with Crippen LogP contribution in [0.1, 0.15) is 11.1 Å².